The second-order valence-electron chi connectivity index (χ2n) is 8.28. The van der Waals surface area contributed by atoms with E-state index in [0.717, 1.165) is 23.2 Å². The Morgan fingerprint density at radius 1 is 1.06 bits per heavy atom. The topological polar surface area (TPSA) is 90.5 Å². The molecule has 0 bridgehead atoms. The lowest BCUT2D eigenvalue weighted by Crippen LogP contribution is -2.22. The third-order valence-electron chi connectivity index (χ3n) is 6.04. The molecule has 36 heavy (non-hydrogen) atoms. The normalized spacial score (nSPS) is 11.2. The lowest BCUT2D eigenvalue weighted by molar-refractivity contribution is -0.113. The summed E-state index contributed by atoms with van der Waals surface area (Å²) in [6.45, 7) is 4.05. The molecule has 0 spiro atoms. The van der Waals surface area contributed by atoms with Gasteiger partial charge >= 0.3 is 0 Å². The Balaban J connectivity index is 1.54. The molecule has 0 atom stereocenters. The van der Waals surface area contributed by atoms with Crippen LogP contribution in [-0.2, 0) is 11.2 Å². The first-order valence-corrected chi connectivity index (χ1v) is 12.5. The van der Waals surface area contributed by atoms with Crippen LogP contribution in [-0.4, -0.2) is 37.9 Å². The highest BCUT2D eigenvalue weighted by atomic mass is 32.2. The fourth-order valence-electron chi connectivity index (χ4n) is 4.26. The van der Waals surface area contributed by atoms with E-state index in [9.17, 15) is 9.59 Å². The van der Waals surface area contributed by atoms with Crippen molar-refractivity contribution in [2.24, 2.45) is 0 Å². The number of nitrogens with zero attached hydrogens (tertiary/aromatic N) is 4. The summed E-state index contributed by atoms with van der Waals surface area (Å²) in [5, 5.41) is 12.8. The van der Waals surface area contributed by atoms with E-state index < -0.39 is 0 Å². The summed E-state index contributed by atoms with van der Waals surface area (Å²) in [6, 6.07) is 20.5. The number of rotatable bonds is 7. The molecule has 1 N–H and O–H groups in total. The summed E-state index contributed by atoms with van der Waals surface area (Å²) >= 11 is 1.27. The Morgan fingerprint density at radius 3 is 2.67 bits per heavy atom. The van der Waals surface area contributed by atoms with Gasteiger partial charge in [0.15, 0.2) is 5.16 Å². The van der Waals surface area contributed by atoms with Gasteiger partial charge in [-0.3, -0.25) is 14.0 Å². The van der Waals surface area contributed by atoms with Crippen molar-refractivity contribution in [2.45, 2.75) is 25.4 Å². The van der Waals surface area contributed by atoms with E-state index in [-0.39, 0.29) is 17.2 Å². The zero-order valence-corrected chi connectivity index (χ0v) is 21.0. The minimum absolute atomic E-state index is 0.133. The second-order valence-corrected chi connectivity index (χ2v) is 9.22. The number of aromatic nitrogens is 4. The van der Waals surface area contributed by atoms with Gasteiger partial charge in [0.05, 0.1) is 29.5 Å². The van der Waals surface area contributed by atoms with Crippen LogP contribution < -0.4 is 15.6 Å². The predicted molar refractivity (Wildman–Crippen MR) is 143 cm³/mol. The summed E-state index contributed by atoms with van der Waals surface area (Å²) < 4.78 is 8.69. The molecule has 0 fully saturated rings. The number of thioether (sulfide) groups is 1. The quantitative estimate of drug-likeness (QED) is 0.328. The van der Waals surface area contributed by atoms with Crippen molar-refractivity contribution in [3.05, 3.63) is 88.2 Å². The van der Waals surface area contributed by atoms with Crippen LogP contribution in [0, 0.1) is 6.92 Å². The van der Waals surface area contributed by atoms with Crippen LogP contribution in [0.5, 0.6) is 5.75 Å². The molecule has 0 unspecified atom stereocenters. The number of hydrogen-bond donors (Lipinski definition) is 1. The fraction of sp³-hybridized carbons (Fsp3) is 0.185. The van der Waals surface area contributed by atoms with Crippen molar-refractivity contribution in [1.82, 2.24) is 19.2 Å². The molecule has 9 heteroatoms. The van der Waals surface area contributed by atoms with Crippen molar-refractivity contribution in [2.75, 3.05) is 18.2 Å². The monoisotopic (exact) mass is 499 g/mol. The summed E-state index contributed by atoms with van der Waals surface area (Å²) in [6.07, 6.45) is 0.826. The number of anilines is 1. The number of hydrogen-bond acceptors (Lipinski definition) is 6. The highest BCUT2D eigenvalue weighted by Crippen LogP contribution is 2.26. The summed E-state index contributed by atoms with van der Waals surface area (Å²) in [5.41, 5.74) is 4.05. The van der Waals surface area contributed by atoms with Crippen LogP contribution in [0.2, 0.25) is 0 Å². The van der Waals surface area contributed by atoms with E-state index in [4.69, 9.17) is 4.74 Å². The van der Waals surface area contributed by atoms with Crippen molar-refractivity contribution < 1.29 is 9.53 Å². The zero-order valence-electron chi connectivity index (χ0n) is 20.2. The number of aryl methyl sites for hydroxylation is 2. The second kappa shape index (κ2) is 9.87. The maximum atomic E-state index is 13.5. The lowest BCUT2D eigenvalue weighted by atomic mass is 10.1. The van der Waals surface area contributed by atoms with Crippen molar-refractivity contribution in [3.63, 3.8) is 0 Å². The van der Waals surface area contributed by atoms with E-state index in [0.29, 0.717) is 33.3 Å². The molecule has 2 aromatic heterocycles. The lowest BCUT2D eigenvalue weighted by Gasteiger charge is -2.13. The minimum atomic E-state index is -0.209. The Bertz CT molecular complexity index is 1660. The van der Waals surface area contributed by atoms with E-state index in [1.54, 1.807) is 19.2 Å². The highest BCUT2D eigenvalue weighted by Gasteiger charge is 2.19. The smallest absolute Gasteiger partial charge is 0.267 e. The standard InChI is InChI=1S/C27H25N5O3S/c1-4-18-10-7-9-17(2)24(18)28-23(33)16-36-27-30-29-26-31(19-11-8-12-20(15-19)35-3)25(34)21-13-5-6-14-22(21)32(26)27/h5-15H,4,16H2,1-3H3,(H,28,33). The van der Waals surface area contributed by atoms with Crippen LogP contribution in [0.4, 0.5) is 5.69 Å². The van der Waals surface area contributed by atoms with Gasteiger partial charge in [-0.1, -0.05) is 55.1 Å². The number of nitrogens with one attached hydrogen (secondary N) is 1. The Labute approximate surface area is 211 Å². The number of carbonyl (C=O) groups is 1. The number of amides is 1. The van der Waals surface area contributed by atoms with Gasteiger partial charge in [-0.15, -0.1) is 10.2 Å². The number of fused-ring (bicyclic) bond motifs is 3. The molecule has 1 amide bonds. The van der Waals surface area contributed by atoms with Crippen LogP contribution in [0.25, 0.3) is 22.4 Å². The van der Waals surface area contributed by atoms with Crippen LogP contribution in [0.1, 0.15) is 18.1 Å². The molecule has 0 aliphatic rings. The van der Waals surface area contributed by atoms with E-state index in [1.165, 1.54) is 16.3 Å². The fourth-order valence-corrected chi connectivity index (χ4v) is 5.00. The molecule has 0 aliphatic carbocycles. The number of para-hydroxylation sites is 2. The first-order chi connectivity index (χ1) is 17.5. The molecule has 0 radical (unpaired) electrons. The third-order valence-corrected chi connectivity index (χ3v) is 6.97. The first-order valence-electron chi connectivity index (χ1n) is 11.6. The van der Waals surface area contributed by atoms with Gasteiger partial charge in [0.1, 0.15) is 5.75 Å². The largest absolute Gasteiger partial charge is 0.497 e. The molecule has 0 saturated heterocycles. The Morgan fingerprint density at radius 2 is 1.86 bits per heavy atom. The number of methoxy groups -OCH3 is 1. The molecule has 182 valence electrons. The number of ether oxygens (including phenoxy) is 1. The molecule has 0 saturated carbocycles. The molecule has 2 heterocycles. The summed E-state index contributed by atoms with van der Waals surface area (Å²) in [7, 11) is 1.58. The highest BCUT2D eigenvalue weighted by molar-refractivity contribution is 7.99. The van der Waals surface area contributed by atoms with Crippen LogP contribution in [0.15, 0.2) is 76.7 Å². The van der Waals surface area contributed by atoms with E-state index in [1.807, 2.05) is 65.9 Å². The maximum absolute atomic E-state index is 13.5. The van der Waals surface area contributed by atoms with Crippen molar-refractivity contribution >= 4 is 40.0 Å². The molecule has 5 rings (SSSR count). The first kappa shape index (κ1) is 23.6. The van der Waals surface area contributed by atoms with E-state index >= 15 is 0 Å². The minimum Gasteiger partial charge on any atom is -0.497 e. The average molecular weight is 500 g/mol. The van der Waals surface area contributed by atoms with Gasteiger partial charge in [0.2, 0.25) is 11.7 Å². The third kappa shape index (κ3) is 4.22. The van der Waals surface area contributed by atoms with Gasteiger partial charge < -0.3 is 10.1 Å². The van der Waals surface area contributed by atoms with Gasteiger partial charge in [0.25, 0.3) is 5.56 Å². The predicted octanol–water partition coefficient (Wildman–Crippen LogP) is 4.64. The van der Waals surface area contributed by atoms with Gasteiger partial charge in [-0.25, -0.2) is 4.57 Å². The van der Waals surface area contributed by atoms with Crippen molar-refractivity contribution in [3.8, 4) is 11.4 Å². The molecule has 3 aromatic carbocycles. The van der Waals surface area contributed by atoms with E-state index in [2.05, 4.69) is 22.4 Å². The molecule has 5 aromatic rings. The summed E-state index contributed by atoms with van der Waals surface area (Å²) in [5.74, 6) is 0.998. The van der Waals surface area contributed by atoms with Gasteiger partial charge in [-0.05, 0) is 48.7 Å². The maximum Gasteiger partial charge on any atom is 0.267 e. The molecule has 0 aliphatic heterocycles. The average Bonchev–Trinajstić information content (AvgIpc) is 3.32. The number of carbonyl (C=O) groups excluding carboxylic acids is 1. The SMILES string of the molecule is CCc1cccc(C)c1NC(=O)CSc1nnc2n(-c3cccc(OC)c3)c(=O)c3ccccc3n12. The molecular formula is C27H25N5O3S. The summed E-state index contributed by atoms with van der Waals surface area (Å²) in [4.78, 5) is 26.4. The van der Waals surface area contributed by atoms with Crippen LogP contribution >= 0.6 is 11.8 Å². The zero-order chi connectivity index (χ0) is 25.2. The van der Waals surface area contributed by atoms with Gasteiger partial charge in [-0.2, -0.15) is 0 Å². The van der Waals surface area contributed by atoms with Gasteiger partial charge in [0, 0.05) is 11.8 Å². The molecular weight excluding hydrogens is 474 g/mol. The van der Waals surface area contributed by atoms with Crippen LogP contribution in [0.3, 0.4) is 0 Å². The Kier molecular flexibility index (Phi) is 6.47. The molecule has 8 nitrogen and oxygen atoms in total. The number of benzene rings is 3. The Hall–Kier alpha value is -4.11. The van der Waals surface area contributed by atoms with Crippen molar-refractivity contribution in [1.29, 1.82) is 0 Å².